The Balaban J connectivity index is 1.61. The molecule has 0 bridgehead atoms. The van der Waals surface area contributed by atoms with Crippen LogP contribution in [-0.4, -0.2) is 69.0 Å². The number of rotatable bonds is 5. The molecule has 2 aliphatic heterocycles. The predicted molar refractivity (Wildman–Crippen MR) is 91.9 cm³/mol. The quantitative estimate of drug-likeness (QED) is 0.778. The van der Waals surface area contributed by atoms with E-state index in [0.29, 0.717) is 45.1 Å². The van der Waals surface area contributed by atoms with Crippen LogP contribution in [-0.2, 0) is 19.6 Å². The fourth-order valence-corrected chi connectivity index (χ4v) is 4.57. The van der Waals surface area contributed by atoms with Gasteiger partial charge in [-0.15, -0.1) is 0 Å². The summed E-state index contributed by atoms with van der Waals surface area (Å²) in [5.74, 6) is 0.629. The largest absolute Gasteiger partial charge is 0.494 e. The molecule has 0 saturated carbocycles. The fourth-order valence-electron chi connectivity index (χ4n) is 3.15. The number of nitrogens with zero attached hydrogens (tertiary/aromatic N) is 2. The van der Waals surface area contributed by atoms with Crippen molar-refractivity contribution in [1.82, 2.24) is 9.21 Å². The summed E-state index contributed by atoms with van der Waals surface area (Å²) in [6, 6.07) is 6.44. The van der Waals surface area contributed by atoms with Crippen LogP contribution < -0.4 is 4.74 Å². The first-order valence-corrected chi connectivity index (χ1v) is 10.1. The molecule has 8 heteroatoms. The predicted octanol–water partition coefficient (Wildman–Crippen LogP) is 1.10. The van der Waals surface area contributed by atoms with E-state index >= 15 is 0 Å². The first-order valence-electron chi connectivity index (χ1n) is 8.66. The Kier molecular flexibility index (Phi) is 5.61. The molecule has 7 nitrogen and oxygen atoms in total. The van der Waals surface area contributed by atoms with Crippen LogP contribution in [0.25, 0.3) is 0 Å². The topological polar surface area (TPSA) is 76.2 Å². The maximum Gasteiger partial charge on any atom is 0.251 e. The number of carbonyl (C=O) groups is 1. The maximum absolute atomic E-state index is 12.7. The van der Waals surface area contributed by atoms with Crippen molar-refractivity contribution in [3.8, 4) is 5.75 Å². The molecule has 1 amide bonds. The zero-order valence-corrected chi connectivity index (χ0v) is 15.2. The summed E-state index contributed by atoms with van der Waals surface area (Å²) >= 11 is 0. The van der Waals surface area contributed by atoms with Gasteiger partial charge in [0.05, 0.1) is 11.5 Å². The van der Waals surface area contributed by atoms with E-state index in [1.165, 1.54) is 4.31 Å². The fraction of sp³-hybridized carbons (Fsp3) is 0.588. The van der Waals surface area contributed by atoms with E-state index in [9.17, 15) is 13.2 Å². The molecule has 1 atom stereocenters. The van der Waals surface area contributed by atoms with Gasteiger partial charge < -0.3 is 14.4 Å². The number of hydrogen-bond donors (Lipinski definition) is 0. The summed E-state index contributed by atoms with van der Waals surface area (Å²) in [6.45, 7) is 4.43. The van der Waals surface area contributed by atoms with Gasteiger partial charge in [-0.1, -0.05) is 0 Å². The number of carbonyl (C=O) groups excluding carboxylic acids is 1. The molecule has 2 fully saturated rings. The summed E-state index contributed by atoms with van der Waals surface area (Å²) in [4.78, 5) is 14.3. The van der Waals surface area contributed by atoms with Gasteiger partial charge in [-0.05, 0) is 44.0 Å². The van der Waals surface area contributed by atoms with Gasteiger partial charge in [0.25, 0.3) is 5.91 Å². The number of sulfonamides is 1. The highest BCUT2D eigenvalue weighted by molar-refractivity contribution is 7.89. The zero-order chi connectivity index (χ0) is 17.9. The molecule has 3 rings (SSSR count). The molecule has 0 aromatic heterocycles. The first kappa shape index (κ1) is 18.2. The second-order valence-electron chi connectivity index (χ2n) is 6.14. The van der Waals surface area contributed by atoms with Crippen molar-refractivity contribution in [2.45, 2.75) is 30.8 Å². The average Bonchev–Trinajstić information content (AvgIpc) is 3.17. The molecular formula is C17H24N2O5S. The second kappa shape index (κ2) is 7.72. The van der Waals surface area contributed by atoms with Crippen LogP contribution in [0, 0.1) is 0 Å². The standard InChI is InChI=1S/C17H24N2O5S/c1-2-23-14-5-7-15(8-6-14)25(21,22)19-11-9-18(10-12-19)17(20)16-4-3-13-24-16/h5-8,16H,2-4,9-13H2,1H3/t16-/m0/s1. The Labute approximate surface area is 148 Å². The van der Waals surface area contributed by atoms with E-state index in [1.807, 2.05) is 6.92 Å². The van der Waals surface area contributed by atoms with Crippen molar-refractivity contribution in [2.75, 3.05) is 39.4 Å². The summed E-state index contributed by atoms with van der Waals surface area (Å²) in [7, 11) is -3.55. The van der Waals surface area contributed by atoms with Crippen LogP contribution in [0.2, 0.25) is 0 Å². The molecule has 0 spiro atoms. The average molecular weight is 368 g/mol. The molecule has 2 aliphatic rings. The molecule has 1 aromatic carbocycles. The van der Waals surface area contributed by atoms with E-state index in [0.717, 1.165) is 12.8 Å². The summed E-state index contributed by atoms with van der Waals surface area (Å²) < 4.78 is 37.7. The lowest BCUT2D eigenvalue weighted by Gasteiger charge is -2.35. The Morgan fingerprint density at radius 3 is 2.44 bits per heavy atom. The zero-order valence-electron chi connectivity index (χ0n) is 14.4. The minimum absolute atomic E-state index is 0.0179. The van der Waals surface area contributed by atoms with Crippen molar-refractivity contribution in [1.29, 1.82) is 0 Å². The first-order chi connectivity index (χ1) is 12.0. The molecule has 0 aliphatic carbocycles. The Bertz CT molecular complexity index is 690. The molecule has 2 heterocycles. The van der Waals surface area contributed by atoms with E-state index in [2.05, 4.69) is 0 Å². The summed E-state index contributed by atoms with van der Waals surface area (Å²) in [5.41, 5.74) is 0. The van der Waals surface area contributed by atoms with Gasteiger partial charge >= 0.3 is 0 Å². The van der Waals surface area contributed by atoms with Crippen molar-refractivity contribution >= 4 is 15.9 Å². The smallest absolute Gasteiger partial charge is 0.251 e. The van der Waals surface area contributed by atoms with Crippen molar-refractivity contribution < 1.29 is 22.7 Å². The number of hydrogen-bond acceptors (Lipinski definition) is 5. The SMILES string of the molecule is CCOc1ccc(S(=O)(=O)N2CCN(C(=O)[C@@H]3CCCO3)CC2)cc1. The Morgan fingerprint density at radius 2 is 1.88 bits per heavy atom. The third-order valence-corrected chi connectivity index (χ3v) is 6.44. The van der Waals surface area contributed by atoms with Crippen molar-refractivity contribution in [3.63, 3.8) is 0 Å². The minimum Gasteiger partial charge on any atom is -0.494 e. The van der Waals surface area contributed by atoms with Crippen LogP contribution in [0.15, 0.2) is 29.2 Å². The van der Waals surface area contributed by atoms with Crippen LogP contribution in [0.3, 0.4) is 0 Å². The summed E-state index contributed by atoms with van der Waals surface area (Å²) in [6.07, 6.45) is 1.31. The lowest BCUT2D eigenvalue weighted by Crippen LogP contribution is -2.52. The Morgan fingerprint density at radius 1 is 1.20 bits per heavy atom. The van der Waals surface area contributed by atoms with Gasteiger partial charge in [-0.2, -0.15) is 4.31 Å². The van der Waals surface area contributed by atoms with Gasteiger partial charge in [0.1, 0.15) is 11.9 Å². The molecule has 138 valence electrons. The van der Waals surface area contributed by atoms with Crippen molar-refractivity contribution in [2.24, 2.45) is 0 Å². The third kappa shape index (κ3) is 3.96. The minimum atomic E-state index is -3.55. The van der Waals surface area contributed by atoms with Gasteiger partial charge in [0.2, 0.25) is 10.0 Å². The van der Waals surface area contributed by atoms with Gasteiger partial charge in [0, 0.05) is 32.8 Å². The van der Waals surface area contributed by atoms with Crippen LogP contribution in [0.5, 0.6) is 5.75 Å². The highest BCUT2D eigenvalue weighted by atomic mass is 32.2. The molecule has 25 heavy (non-hydrogen) atoms. The van der Waals surface area contributed by atoms with Crippen molar-refractivity contribution in [3.05, 3.63) is 24.3 Å². The lowest BCUT2D eigenvalue weighted by molar-refractivity contribution is -0.142. The number of piperazine rings is 1. The Hall–Kier alpha value is -1.64. The number of amides is 1. The second-order valence-corrected chi connectivity index (χ2v) is 8.07. The molecule has 0 unspecified atom stereocenters. The van der Waals surface area contributed by atoms with Gasteiger partial charge in [-0.25, -0.2) is 8.42 Å². The van der Waals surface area contributed by atoms with Gasteiger partial charge in [0.15, 0.2) is 0 Å². The number of ether oxygens (including phenoxy) is 2. The van der Waals surface area contributed by atoms with Gasteiger partial charge in [-0.3, -0.25) is 4.79 Å². The lowest BCUT2D eigenvalue weighted by atomic mass is 10.2. The van der Waals surface area contributed by atoms with E-state index in [1.54, 1.807) is 29.2 Å². The highest BCUT2D eigenvalue weighted by Crippen LogP contribution is 2.22. The molecule has 0 radical (unpaired) electrons. The highest BCUT2D eigenvalue weighted by Gasteiger charge is 2.33. The number of benzene rings is 1. The van der Waals surface area contributed by atoms with E-state index in [-0.39, 0.29) is 16.9 Å². The molecule has 1 aromatic rings. The van der Waals surface area contributed by atoms with E-state index in [4.69, 9.17) is 9.47 Å². The normalized spacial score (nSPS) is 22.1. The molecular weight excluding hydrogens is 344 g/mol. The van der Waals surface area contributed by atoms with Crippen LogP contribution in [0.4, 0.5) is 0 Å². The molecule has 2 saturated heterocycles. The van der Waals surface area contributed by atoms with Crippen LogP contribution >= 0.6 is 0 Å². The third-order valence-electron chi connectivity index (χ3n) is 4.53. The van der Waals surface area contributed by atoms with Crippen LogP contribution in [0.1, 0.15) is 19.8 Å². The summed E-state index contributed by atoms with van der Waals surface area (Å²) in [5, 5.41) is 0. The maximum atomic E-state index is 12.7. The monoisotopic (exact) mass is 368 g/mol. The molecule has 0 N–H and O–H groups in total. The van der Waals surface area contributed by atoms with E-state index < -0.39 is 10.0 Å².